The number of carbonyl (C=O) groups excluding carboxylic acids is 1. The molecule has 0 bridgehead atoms. The van der Waals surface area contributed by atoms with Crippen LogP contribution in [0.2, 0.25) is 5.02 Å². The van der Waals surface area contributed by atoms with Crippen LogP contribution in [0.3, 0.4) is 0 Å². The number of hydrogen-bond donors (Lipinski definition) is 0. The van der Waals surface area contributed by atoms with Crippen molar-refractivity contribution in [3.63, 3.8) is 0 Å². The van der Waals surface area contributed by atoms with Gasteiger partial charge in [0.15, 0.2) is 0 Å². The highest BCUT2D eigenvalue weighted by molar-refractivity contribution is 9.10. The molecule has 6 heteroatoms. The fourth-order valence-electron chi connectivity index (χ4n) is 0.862. The number of ketones is 1. The van der Waals surface area contributed by atoms with Crippen molar-refractivity contribution >= 4 is 33.3 Å². The van der Waals surface area contributed by atoms with E-state index in [0.29, 0.717) is 0 Å². The lowest BCUT2D eigenvalue weighted by atomic mass is 10.1. The minimum absolute atomic E-state index is 0.0779. The summed E-state index contributed by atoms with van der Waals surface area (Å²) in [5.41, 5.74) is -0.781. The standard InChI is InChI=1S/C8H3BrClF3O/c9-3-1-2-4(10)5(6(3)11)7(14)8(12)13/h1-2,8H. The molecule has 1 aromatic rings. The summed E-state index contributed by atoms with van der Waals surface area (Å²) in [4.78, 5) is 10.8. The van der Waals surface area contributed by atoms with Gasteiger partial charge in [-0.05, 0) is 28.1 Å². The average Bonchev–Trinajstić information content (AvgIpc) is 2.12. The second-order valence-corrected chi connectivity index (χ2v) is 3.64. The molecule has 0 spiro atoms. The third kappa shape index (κ3) is 2.09. The van der Waals surface area contributed by atoms with Gasteiger partial charge in [-0.15, -0.1) is 0 Å². The quantitative estimate of drug-likeness (QED) is 0.599. The summed E-state index contributed by atoms with van der Waals surface area (Å²) in [6.45, 7) is 0. The third-order valence-corrected chi connectivity index (χ3v) is 2.42. The van der Waals surface area contributed by atoms with E-state index in [9.17, 15) is 18.0 Å². The molecule has 0 aromatic heterocycles. The largest absolute Gasteiger partial charge is 0.300 e. The topological polar surface area (TPSA) is 17.1 Å². The molecular weight excluding hydrogens is 284 g/mol. The molecule has 0 fully saturated rings. The Hall–Kier alpha value is -0.550. The lowest BCUT2D eigenvalue weighted by molar-refractivity contribution is 0.0674. The van der Waals surface area contributed by atoms with Crippen LogP contribution in [0.4, 0.5) is 13.2 Å². The molecule has 0 aliphatic heterocycles. The molecule has 0 atom stereocenters. The van der Waals surface area contributed by atoms with Crippen LogP contribution in [0.1, 0.15) is 10.4 Å². The molecular formula is C8H3BrClF3O. The molecule has 0 saturated heterocycles. The fourth-order valence-corrected chi connectivity index (χ4v) is 1.43. The number of rotatable bonds is 2. The molecule has 0 aliphatic rings. The fraction of sp³-hybridized carbons (Fsp3) is 0.125. The van der Waals surface area contributed by atoms with E-state index >= 15 is 0 Å². The molecule has 0 N–H and O–H groups in total. The molecule has 1 aromatic carbocycles. The Labute approximate surface area is 91.0 Å². The summed E-state index contributed by atoms with van der Waals surface area (Å²) >= 11 is 8.19. The van der Waals surface area contributed by atoms with Crippen molar-refractivity contribution < 1.29 is 18.0 Å². The zero-order chi connectivity index (χ0) is 10.9. The van der Waals surface area contributed by atoms with Gasteiger partial charge in [-0.25, -0.2) is 13.2 Å². The lowest BCUT2D eigenvalue weighted by Crippen LogP contribution is -2.13. The Morgan fingerprint density at radius 1 is 1.43 bits per heavy atom. The summed E-state index contributed by atoms with van der Waals surface area (Å²) in [6.07, 6.45) is -3.27. The first-order valence-corrected chi connectivity index (χ1v) is 4.58. The van der Waals surface area contributed by atoms with E-state index in [1.807, 2.05) is 0 Å². The predicted octanol–water partition coefficient (Wildman–Crippen LogP) is 3.69. The van der Waals surface area contributed by atoms with Crippen molar-refractivity contribution in [1.82, 2.24) is 0 Å². The number of halogens is 5. The first kappa shape index (κ1) is 11.5. The highest BCUT2D eigenvalue weighted by Gasteiger charge is 2.25. The summed E-state index contributed by atoms with van der Waals surface area (Å²) in [5, 5.41) is -0.323. The molecule has 1 rings (SSSR count). The SMILES string of the molecule is O=C(c1c(Cl)ccc(Br)c1F)C(F)F. The van der Waals surface area contributed by atoms with E-state index < -0.39 is 23.6 Å². The highest BCUT2D eigenvalue weighted by atomic mass is 79.9. The molecule has 14 heavy (non-hydrogen) atoms. The zero-order valence-corrected chi connectivity index (χ0v) is 8.87. The summed E-state index contributed by atoms with van der Waals surface area (Å²) in [5.74, 6) is -2.68. The Morgan fingerprint density at radius 3 is 2.50 bits per heavy atom. The van der Waals surface area contributed by atoms with Gasteiger partial charge >= 0.3 is 6.43 Å². The van der Waals surface area contributed by atoms with Crippen LogP contribution >= 0.6 is 27.5 Å². The van der Waals surface area contributed by atoms with E-state index in [1.165, 1.54) is 12.1 Å². The van der Waals surface area contributed by atoms with Crippen molar-refractivity contribution in [1.29, 1.82) is 0 Å². The Morgan fingerprint density at radius 2 is 2.00 bits per heavy atom. The van der Waals surface area contributed by atoms with Gasteiger partial charge in [0.05, 0.1) is 15.1 Å². The van der Waals surface area contributed by atoms with Crippen LogP contribution in [-0.4, -0.2) is 12.2 Å². The van der Waals surface area contributed by atoms with Crippen LogP contribution in [0.25, 0.3) is 0 Å². The van der Waals surface area contributed by atoms with Gasteiger partial charge in [0, 0.05) is 0 Å². The second-order valence-electron chi connectivity index (χ2n) is 2.38. The van der Waals surface area contributed by atoms with Gasteiger partial charge in [0.2, 0.25) is 5.78 Å². The molecule has 76 valence electrons. The van der Waals surface area contributed by atoms with Gasteiger partial charge < -0.3 is 0 Å². The molecule has 0 amide bonds. The second kappa shape index (κ2) is 4.31. The minimum atomic E-state index is -3.27. The van der Waals surface area contributed by atoms with Gasteiger partial charge in [0.25, 0.3) is 0 Å². The van der Waals surface area contributed by atoms with Gasteiger partial charge in [0.1, 0.15) is 5.82 Å². The average molecular weight is 287 g/mol. The van der Waals surface area contributed by atoms with Crippen molar-refractivity contribution in [3.05, 3.63) is 33.0 Å². The summed E-state index contributed by atoms with van der Waals surface area (Å²) in [6, 6.07) is 2.41. The van der Waals surface area contributed by atoms with E-state index in [0.717, 1.165) is 0 Å². The molecule has 0 unspecified atom stereocenters. The van der Waals surface area contributed by atoms with Gasteiger partial charge in [-0.1, -0.05) is 11.6 Å². The normalized spacial score (nSPS) is 10.7. The Kier molecular flexibility index (Phi) is 3.55. The van der Waals surface area contributed by atoms with E-state index in [1.54, 1.807) is 0 Å². The highest BCUT2D eigenvalue weighted by Crippen LogP contribution is 2.27. The Bertz CT molecular complexity index is 381. The van der Waals surface area contributed by atoms with Crippen LogP contribution < -0.4 is 0 Å². The minimum Gasteiger partial charge on any atom is -0.288 e. The summed E-state index contributed by atoms with van der Waals surface area (Å²) < 4.78 is 37.1. The molecule has 0 saturated carbocycles. The first-order valence-electron chi connectivity index (χ1n) is 3.41. The van der Waals surface area contributed by atoms with E-state index in [4.69, 9.17) is 11.6 Å². The summed E-state index contributed by atoms with van der Waals surface area (Å²) in [7, 11) is 0. The molecule has 0 aliphatic carbocycles. The van der Waals surface area contributed by atoms with Crippen LogP contribution in [0, 0.1) is 5.82 Å². The lowest BCUT2D eigenvalue weighted by Gasteiger charge is -2.05. The van der Waals surface area contributed by atoms with Crippen molar-refractivity contribution in [3.8, 4) is 0 Å². The third-order valence-electron chi connectivity index (χ3n) is 1.49. The van der Waals surface area contributed by atoms with Gasteiger partial charge in [-0.3, -0.25) is 4.79 Å². The first-order chi connectivity index (χ1) is 6.45. The smallest absolute Gasteiger partial charge is 0.288 e. The maximum atomic E-state index is 13.2. The monoisotopic (exact) mass is 286 g/mol. The van der Waals surface area contributed by atoms with E-state index in [2.05, 4.69) is 15.9 Å². The van der Waals surface area contributed by atoms with Gasteiger partial charge in [-0.2, -0.15) is 0 Å². The number of alkyl halides is 2. The predicted molar refractivity (Wildman–Crippen MR) is 49.4 cm³/mol. The maximum Gasteiger partial charge on any atom is 0.300 e. The van der Waals surface area contributed by atoms with E-state index in [-0.39, 0.29) is 9.50 Å². The zero-order valence-electron chi connectivity index (χ0n) is 6.53. The molecule has 1 nitrogen and oxygen atoms in total. The number of benzene rings is 1. The number of Topliss-reactive ketones (excluding diaryl/α,β-unsaturated/α-hetero) is 1. The van der Waals surface area contributed by atoms with Crippen molar-refractivity contribution in [2.24, 2.45) is 0 Å². The molecule has 0 heterocycles. The van der Waals surface area contributed by atoms with Crippen LogP contribution in [-0.2, 0) is 0 Å². The number of hydrogen-bond acceptors (Lipinski definition) is 1. The van der Waals surface area contributed by atoms with Crippen molar-refractivity contribution in [2.75, 3.05) is 0 Å². The van der Waals surface area contributed by atoms with Crippen molar-refractivity contribution in [2.45, 2.75) is 6.43 Å². The molecule has 0 radical (unpaired) electrons. The van der Waals surface area contributed by atoms with Crippen LogP contribution in [0.15, 0.2) is 16.6 Å². The Balaban J connectivity index is 3.33. The van der Waals surface area contributed by atoms with Crippen LogP contribution in [0.5, 0.6) is 0 Å². The number of carbonyl (C=O) groups is 1. The maximum absolute atomic E-state index is 13.2.